The Bertz CT molecular complexity index is 394. The SMILES string of the molecule is CC[C@H]1[C@@H]2CCC3=CCCCC3=C2CCC1(C)C. The van der Waals surface area contributed by atoms with Crippen LogP contribution in [0.25, 0.3) is 0 Å². The van der Waals surface area contributed by atoms with E-state index >= 15 is 0 Å². The van der Waals surface area contributed by atoms with Crippen molar-refractivity contribution in [1.29, 1.82) is 0 Å². The minimum Gasteiger partial charge on any atom is -0.0810 e. The van der Waals surface area contributed by atoms with Crippen molar-refractivity contribution in [2.45, 2.75) is 72.1 Å². The van der Waals surface area contributed by atoms with E-state index < -0.39 is 0 Å². The van der Waals surface area contributed by atoms with Crippen LogP contribution in [-0.2, 0) is 0 Å². The first kappa shape index (κ1) is 12.5. The van der Waals surface area contributed by atoms with E-state index in [1.807, 2.05) is 11.1 Å². The van der Waals surface area contributed by atoms with E-state index in [9.17, 15) is 0 Å². The molecule has 0 saturated heterocycles. The molecule has 1 fully saturated rings. The van der Waals surface area contributed by atoms with E-state index in [0.717, 1.165) is 11.8 Å². The second-order valence-corrected chi connectivity index (χ2v) is 7.27. The van der Waals surface area contributed by atoms with Crippen molar-refractivity contribution in [3.63, 3.8) is 0 Å². The van der Waals surface area contributed by atoms with E-state index in [4.69, 9.17) is 0 Å². The molecule has 0 aromatic heterocycles. The lowest BCUT2D eigenvalue weighted by molar-refractivity contribution is 0.0987. The molecule has 0 unspecified atom stereocenters. The molecule has 0 amide bonds. The van der Waals surface area contributed by atoms with Gasteiger partial charge in [0.15, 0.2) is 0 Å². The summed E-state index contributed by atoms with van der Waals surface area (Å²) in [5.74, 6) is 1.85. The van der Waals surface area contributed by atoms with Crippen molar-refractivity contribution in [3.8, 4) is 0 Å². The van der Waals surface area contributed by atoms with E-state index in [1.54, 1.807) is 5.57 Å². The molecule has 0 aliphatic heterocycles. The van der Waals surface area contributed by atoms with Gasteiger partial charge < -0.3 is 0 Å². The molecule has 3 rings (SSSR count). The number of hydrogen-bond donors (Lipinski definition) is 0. The summed E-state index contributed by atoms with van der Waals surface area (Å²) in [7, 11) is 0. The zero-order chi connectivity index (χ0) is 12.8. The van der Waals surface area contributed by atoms with E-state index in [2.05, 4.69) is 26.8 Å². The molecule has 0 heterocycles. The third-order valence-corrected chi connectivity index (χ3v) is 5.94. The Morgan fingerprint density at radius 3 is 2.83 bits per heavy atom. The Kier molecular flexibility index (Phi) is 3.16. The summed E-state index contributed by atoms with van der Waals surface area (Å²) in [6, 6.07) is 0. The van der Waals surface area contributed by atoms with E-state index in [0.29, 0.717) is 5.41 Å². The van der Waals surface area contributed by atoms with Crippen molar-refractivity contribution in [2.24, 2.45) is 17.3 Å². The van der Waals surface area contributed by atoms with Gasteiger partial charge in [-0.2, -0.15) is 0 Å². The van der Waals surface area contributed by atoms with Crippen LogP contribution in [0.1, 0.15) is 72.1 Å². The molecule has 3 aliphatic carbocycles. The van der Waals surface area contributed by atoms with Gasteiger partial charge in [0.1, 0.15) is 0 Å². The maximum atomic E-state index is 2.54. The second kappa shape index (κ2) is 4.54. The largest absolute Gasteiger partial charge is 0.0810 e. The zero-order valence-corrected chi connectivity index (χ0v) is 12.4. The van der Waals surface area contributed by atoms with Crippen LogP contribution < -0.4 is 0 Å². The fraction of sp³-hybridized carbons (Fsp3) is 0.778. The van der Waals surface area contributed by atoms with Crippen LogP contribution in [0.15, 0.2) is 22.8 Å². The van der Waals surface area contributed by atoms with Gasteiger partial charge in [-0.15, -0.1) is 0 Å². The highest BCUT2D eigenvalue weighted by atomic mass is 14.5. The predicted octanol–water partition coefficient (Wildman–Crippen LogP) is 5.65. The average molecular weight is 244 g/mol. The molecule has 1 saturated carbocycles. The summed E-state index contributed by atoms with van der Waals surface area (Å²) in [6.07, 6.45) is 13.6. The molecule has 0 heteroatoms. The van der Waals surface area contributed by atoms with Gasteiger partial charge in [0, 0.05) is 0 Å². The Morgan fingerprint density at radius 1 is 1.22 bits per heavy atom. The van der Waals surface area contributed by atoms with Crippen molar-refractivity contribution in [3.05, 3.63) is 22.8 Å². The number of fused-ring (bicyclic) bond motifs is 2. The summed E-state index contributed by atoms with van der Waals surface area (Å²) in [4.78, 5) is 0. The number of hydrogen-bond acceptors (Lipinski definition) is 0. The Hall–Kier alpha value is -0.520. The summed E-state index contributed by atoms with van der Waals surface area (Å²) < 4.78 is 0. The maximum absolute atomic E-state index is 2.54. The van der Waals surface area contributed by atoms with Crippen LogP contribution in [0.3, 0.4) is 0 Å². The lowest BCUT2D eigenvalue weighted by Gasteiger charge is -2.48. The van der Waals surface area contributed by atoms with E-state index in [-0.39, 0.29) is 0 Å². The van der Waals surface area contributed by atoms with Gasteiger partial charge in [-0.1, -0.05) is 38.8 Å². The summed E-state index contributed by atoms with van der Waals surface area (Å²) >= 11 is 0. The first-order valence-electron chi connectivity index (χ1n) is 8.05. The van der Waals surface area contributed by atoms with Gasteiger partial charge in [0.2, 0.25) is 0 Å². The van der Waals surface area contributed by atoms with Gasteiger partial charge in [-0.05, 0) is 73.3 Å². The molecule has 3 aliphatic rings. The topological polar surface area (TPSA) is 0 Å². The number of allylic oxidation sites excluding steroid dienone is 4. The molecular formula is C18H28. The normalized spacial score (nSPS) is 34.7. The van der Waals surface area contributed by atoms with Gasteiger partial charge in [-0.25, -0.2) is 0 Å². The molecule has 0 radical (unpaired) electrons. The quantitative estimate of drug-likeness (QED) is 0.559. The van der Waals surface area contributed by atoms with Crippen LogP contribution in [0, 0.1) is 17.3 Å². The van der Waals surface area contributed by atoms with E-state index in [1.165, 1.54) is 51.4 Å². The summed E-state index contributed by atoms with van der Waals surface area (Å²) in [6.45, 7) is 7.43. The van der Waals surface area contributed by atoms with Gasteiger partial charge in [-0.3, -0.25) is 0 Å². The molecule has 0 aromatic carbocycles. The Labute approximate surface area is 113 Å². The first-order chi connectivity index (χ1) is 8.63. The van der Waals surface area contributed by atoms with Gasteiger partial charge in [0.25, 0.3) is 0 Å². The molecule has 0 aromatic rings. The molecule has 18 heavy (non-hydrogen) atoms. The fourth-order valence-electron chi connectivity index (χ4n) is 4.97. The van der Waals surface area contributed by atoms with Crippen molar-refractivity contribution in [1.82, 2.24) is 0 Å². The first-order valence-corrected chi connectivity index (χ1v) is 8.05. The third-order valence-electron chi connectivity index (χ3n) is 5.94. The number of rotatable bonds is 1. The standard InChI is InChI=1S/C18H28/c1-4-17-16-10-9-13-7-5-6-8-14(13)15(16)11-12-18(17,2)3/h7,16-17H,4-6,8-12H2,1-3H3/t16-,17+/m1/s1. The molecule has 0 nitrogen and oxygen atoms in total. The highest BCUT2D eigenvalue weighted by Gasteiger charge is 2.42. The Balaban J connectivity index is 1.99. The lowest BCUT2D eigenvalue weighted by atomic mass is 9.56. The maximum Gasteiger partial charge on any atom is -0.0161 e. The molecule has 100 valence electrons. The average Bonchev–Trinajstić information content (AvgIpc) is 2.37. The highest BCUT2D eigenvalue weighted by Crippen LogP contribution is 2.54. The van der Waals surface area contributed by atoms with Crippen LogP contribution >= 0.6 is 0 Å². The Morgan fingerprint density at radius 2 is 2.06 bits per heavy atom. The van der Waals surface area contributed by atoms with Crippen LogP contribution in [0.5, 0.6) is 0 Å². The van der Waals surface area contributed by atoms with Crippen LogP contribution in [0.4, 0.5) is 0 Å². The fourth-order valence-corrected chi connectivity index (χ4v) is 4.97. The summed E-state index contributed by atoms with van der Waals surface area (Å²) in [5, 5.41) is 0. The molecular weight excluding hydrogens is 216 g/mol. The third kappa shape index (κ3) is 1.89. The minimum atomic E-state index is 0.569. The minimum absolute atomic E-state index is 0.569. The summed E-state index contributed by atoms with van der Waals surface area (Å²) in [5.41, 5.74) is 6.01. The van der Waals surface area contributed by atoms with Crippen molar-refractivity contribution in [2.75, 3.05) is 0 Å². The van der Waals surface area contributed by atoms with Gasteiger partial charge >= 0.3 is 0 Å². The molecule has 0 bridgehead atoms. The monoisotopic (exact) mass is 244 g/mol. The lowest BCUT2D eigenvalue weighted by Crippen LogP contribution is -2.38. The highest BCUT2D eigenvalue weighted by molar-refractivity contribution is 5.42. The van der Waals surface area contributed by atoms with Crippen molar-refractivity contribution >= 4 is 0 Å². The van der Waals surface area contributed by atoms with Crippen LogP contribution in [0.2, 0.25) is 0 Å². The molecule has 0 spiro atoms. The second-order valence-electron chi connectivity index (χ2n) is 7.27. The molecule has 0 N–H and O–H groups in total. The van der Waals surface area contributed by atoms with Gasteiger partial charge in [0.05, 0.1) is 0 Å². The smallest absolute Gasteiger partial charge is 0.0161 e. The molecule has 2 atom stereocenters. The van der Waals surface area contributed by atoms with Crippen LogP contribution in [-0.4, -0.2) is 0 Å². The zero-order valence-electron chi connectivity index (χ0n) is 12.4. The predicted molar refractivity (Wildman–Crippen MR) is 78.5 cm³/mol. The van der Waals surface area contributed by atoms with Crippen molar-refractivity contribution < 1.29 is 0 Å².